The topological polar surface area (TPSA) is 38.5 Å². The zero-order valence-corrected chi connectivity index (χ0v) is 15.7. The molecule has 0 amide bonds. The summed E-state index contributed by atoms with van der Waals surface area (Å²) in [7, 11) is 1.68. The summed E-state index contributed by atoms with van der Waals surface area (Å²) in [6.07, 6.45) is 0. The second-order valence-corrected chi connectivity index (χ2v) is 6.53. The number of hydrogen-bond acceptors (Lipinski definition) is 3. The highest BCUT2D eigenvalue weighted by molar-refractivity contribution is 5.77. The van der Waals surface area contributed by atoms with Crippen molar-refractivity contribution in [3.05, 3.63) is 103 Å². The van der Waals surface area contributed by atoms with Crippen molar-refractivity contribution in [1.29, 1.82) is 0 Å². The summed E-state index contributed by atoms with van der Waals surface area (Å²) in [6.45, 7) is 0. The highest BCUT2D eigenvalue weighted by Gasteiger charge is 2.11. The predicted octanol–water partition coefficient (Wildman–Crippen LogP) is 6.04. The maximum Gasteiger partial charge on any atom is 0.126 e. The van der Waals surface area contributed by atoms with Crippen molar-refractivity contribution in [2.45, 2.75) is 0 Å². The van der Waals surface area contributed by atoms with Crippen molar-refractivity contribution in [3.8, 4) is 28.0 Å². The van der Waals surface area contributed by atoms with Gasteiger partial charge >= 0.3 is 0 Å². The number of ether oxygens (including phenoxy) is 1. The predicted molar refractivity (Wildman–Crippen MR) is 117 cm³/mol. The van der Waals surface area contributed by atoms with Gasteiger partial charge in [0.2, 0.25) is 0 Å². The summed E-state index contributed by atoms with van der Waals surface area (Å²) in [5.41, 5.74) is 6.27. The summed E-state index contributed by atoms with van der Waals surface area (Å²) in [6, 6.07) is 34.7. The van der Waals surface area contributed by atoms with Crippen LogP contribution in [0.2, 0.25) is 0 Å². The lowest BCUT2D eigenvalue weighted by atomic mass is 10.0. The Labute approximate surface area is 165 Å². The van der Waals surface area contributed by atoms with E-state index in [9.17, 15) is 0 Å². The molecule has 28 heavy (non-hydrogen) atoms. The largest absolute Gasteiger partial charge is 0.496 e. The van der Waals surface area contributed by atoms with Crippen molar-refractivity contribution >= 4 is 11.4 Å². The van der Waals surface area contributed by atoms with Crippen LogP contribution in [0.1, 0.15) is 0 Å². The molecule has 138 valence electrons. The number of rotatable bonds is 5. The molecule has 0 atom stereocenters. The van der Waals surface area contributed by atoms with Gasteiger partial charge in [-0.25, -0.2) is 5.84 Å². The third-order valence-corrected chi connectivity index (χ3v) is 4.80. The highest BCUT2D eigenvalue weighted by Crippen LogP contribution is 2.35. The Hall–Kier alpha value is -3.56. The van der Waals surface area contributed by atoms with Crippen molar-refractivity contribution in [2.24, 2.45) is 5.84 Å². The summed E-state index contributed by atoms with van der Waals surface area (Å²) in [5.74, 6) is 7.26. The molecule has 0 unspecified atom stereocenters. The Kier molecular flexibility index (Phi) is 5.09. The number of benzene rings is 4. The molecule has 3 heteroatoms. The Morgan fingerprint density at radius 1 is 0.607 bits per heavy atom. The second kappa shape index (κ2) is 7.99. The van der Waals surface area contributed by atoms with Crippen molar-refractivity contribution in [3.63, 3.8) is 0 Å². The normalized spacial score (nSPS) is 10.5. The SMILES string of the molecule is COc1ccc(N(N)c2ccc(-c3ccccc3)cc2)cc1-c1ccccc1. The van der Waals surface area contributed by atoms with E-state index < -0.39 is 0 Å². The van der Waals surface area contributed by atoms with Crippen molar-refractivity contribution in [1.82, 2.24) is 0 Å². The first kappa shape index (κ1) is 17.8. The van der Waals surface area contributed by atoms with Crippen LogP contribution in [0, 0.1) is 0 Å². The Bertz CT molecular complexity index is 1040. The molecule has 2 N–H and O–H groups in total. The van der Waals surface area contributed by atoms with Gasteiger partial charge in [0.15, 0.2) is 0 Å². The first-order chi connectivity index (χ1) is 13.8. The molecule has 3 nitrogen and oxygen atoms in total. The summed E-state index contributed by atoms with van der Waals surface area (Å²) in [4.78, 5) is 0. The van der Waals surface area contributed by atoms with Crippen LogP contribution in [0.5, 0.6) is 5.75 Å². The van der Waals surface area contributed by atoms with Crippen molar-refractivity contribution < 1.29 is 4.74 Å². The number of nitrogens with two attached hydrogens (primary N) is 1. The molecule has 0 aromatic heterocycles. The fourth-order valence-electron chi connectivity index (χ4n) is 3.28. The van der Waals surface area contributed by atoms with E-state index in [2.05, 4.69) is 42.5 Å². The Morgan fingerprint density at radius 2 is 1.14 bits per heavy atom. The van der Waals surface area contributed by atoms with Crippen LogP contribution in [0.25, 0.3) is 22.3 Å². The standard InChI is InChI=1S/C25H22N2O/c1-28-25-17-16-23(18-24(25)21-10-6-3-7-11-21)27(26)22-14-12-20(13-15-22)19-8-4-2-5-9-19/h2-18H,26H2,1H3. The van der Waals surface area contributed by atoms with E-state index in [1.54, 1.807) is 12.1 Å². The molecular weight excluding hydrogens is 344 g/mol. The molecule has 0 saturated heterocycles. The second-order valence-electron chi connectivity index (χ2n) is 6.53. The number of hydrazine groups is 1. The van der Waals surface area contributed by atoms with E-state index in [1.165, 1.54) is 5.56 Å². The number of nitrogens with zero attached hydrogens (tertiary/aromatic N) is 1. The molecule has 0 spiro atoms. The van der Waals surface area contributed by atoms with Crippen LogP contribution in [0.15, 0.2) is 103 Å². The van der Waals surface area contributed by atoms with Crippen LogP contribution in [0.4, 0.5) is 11.4 Å². The number of methoxy groups -OCH3 is 1. The molecule has 0 saturated carbocycles. The minimum Gasteiger partial charge on any atom is -0.496 e. The van der Waals surface area contributed by atoms with Gasteiger partial charge in [-0.05, 0) is 47.0 Å². The van der Waals surface area contributed by atoms with Crippen LogP contribution in [0.3, 0.4) is 0 Å². The molecule has 0 heterocycles. The van der Waals surface area contributed by atoms with E-state index in [1.807, 2.05) is 60.7 Å². The highest BCUT2D eigenvalue weighted by atomic mass is 16.5. The van der Waals surface area contributed by atoms with Crippen LogP contribution in [-0.2, 0) is 0 Å². The van der Waals surface area contributed by atoms with Gasteiger partial charge in [-0.1, -0.05) is 72.8 Å². The third kappa shape index (κ3) is 3.61. The van der Waals surface area contributed by atoms with Gasteiger partial charge in [0.05, 0.1) is 18.5 Å². The van der Waals surface area contributed by atoms with E-state index in [-0.39, 0.29) is 0 Å². The lowest BCUT2D eigenvalue weighted by Crippen LogP contribution is -2.24. The first-order valence-corrected chi connectivity index (χ1v) is 9.20. The third-order valence-electron chi connectivity index (χ3n) is 4.80. The molecule has 0 fully saturated rings. The maximum atomic E-state index is 6.44. The van der Waals surface area contributed by atoms with E-state index in [4.69, 9.17) is 10.6 Å². The average molecular weight is 366 g/mol. The molecule has 0 aliphatic heterocycles. The van der Waals surface area contributed by atoms with Crippen LogP contribution < -0.4 is 15.6 Å². The number of anilines is 2. The van der Waals surface area contributed by atoms with Gasteiger partial charge in [-0.2, -0.15) is 0 Å². The Morgan fingerprint density at radius 3 is 1.75 bits per heavy atom. The molecule has 4 rings (SSSR count). The van der Waals surface area contributed by atoms with Crippen molar-refractivity contribution in [2.75, 3.05) is 12.1 Å². The molecule has 0 radical (unpaired) electrons. The maximum absolute atomic E-state index is 6.44. The minimum absolute atomic E-state index is 0.822. The van der Waals surface area contributed by atoms with E-state index in [0.717, 1.165) is 33.8 Å². The van der Waals surface area contributed by atoms with Gasteiger partial charge < -0.3 is 4.74 Å². The molecule has 4 aromatic rings. The zero-order valence-electron chi connectivity index (χ0n) is 15.7. The van der Waals surface area contributed by atoms with Gasteiger partial charge in [0.1, 0.15) is 5.75 Å². The number of hydrogen-bond donors (Lipinski definition) is 1. The molecule has 4 aromatic carbocycles. The van der Waals surface area contributed by atoms with E-state index in [0.29, 0.717) is 0 Å². The van der Waals surface area contributed by atoms with Gasteiger partial charge in [0, 0.05) is 5.56 Å². The van der Waals surface area contributed by atoms with E-state index >= 15 is 0 Å². The smallest absolute Gasteiger partial charge is 0.126 e. The molecule has 0 bridgehead atoms. The quantitative estimate of drug-likeness (QED) is 0.346. The van der Waals surface area contributed by atoms with Gasteiger partial charge in [-0.15, -0.1) is 0 Å². The monoisotopic (exact) mass is 366 g/mol. The van der Waals surface area contributed by atoms with Gasteiger partial charge in [-0.3, -0.25) is 5.01 Å². The minimum atomic E-state index is 0.822. The zero-order chi connectivity index (χ0) is 19.3. The molecular formula is C25H22N2O. The summed E-state index contributed by atoms with van der Waals surface area (Å²) >= 11 is 0. The van der Waals surface area contributed by atoms with Crippen LogP contribution in [-0.4, -0.2) is 7.11 Å². The molecule has 0 aliphatic rings. The average Bonchev–Trinajstić information content (AvgIpc) is 2.79. The fraction of sp³-hybridized carbons (Fsp3) is 0.0400. The fourth-order valence-corrected chi connectivity index (χ4v) is 3.28. The van der Waals surface area contributed by atoms with Gasteiger partial charge in [0.25, 0.3) is 0 Å². The summed E-state index contributed by atoms with van der Waals surface area (Å²) < 4.78 is 5.55. The molecule has 0 aliphatic carbocycles. The summed E-state index contributed by atoms with van der Waals surface area (Å²) in [5, 5.41) is 1.70. The first-order valence-electron chi connectivity index (χ1n) is 9.20. The lowest BCUT2D eigenvalue weighted by Gasteiger charge is -2.21. The Balaban J connectivity index is 1.65. The lowest BCUT2D eigenvalue weighted by molar-refractivity contribution is 0.416. The van der Waals surface area contributed by atoms with Crippen LogP contribution >= 0.6 is 0 Å².